The monoisotopic (exact) mass is 254 g/mol. The van der Waals surface area contributed by atoms with E-state index in [1.54, 1.807) is 11.3 Å². The van der Waals surface area contributed by atoms with Crippen LogP contribution in [0.2, 0.25) is 0 Å². The minimum Gasteiger partial charge on any atom is -0.326 e. The predicted molar refractivity (Wildman–Crippen MR) is 75.8 cm³/mol. The maximum absolute atomic E-state index is 4.45. The number of hydrogen-bond donors (Lipinski definition) is 0. The summed E-state index contributed by atoms with van der Waals surface area (Å²) in [5, 5.41) is 2.08. The smallest absolute Gasteiger partial charge is 0.150 e. The van der Waals surface area contributed by atoms with Crippen LogP contribution in [-0.4, -0.2) is 9.55 Å². The van der Waals surface area contributed by atoms with Gasteiger partial charge in [-0.2, -0.15) is 0 Å². The summed E-state index contributed by atoms with van der Waals surface area (Å²) in [7, 11) is 0. The van der Waals surface area contributed by atoms with Gasteiger partial charge in [-0.05, 0) is 23.9 Å². The summed E-state index contributed by atoms with van der Waals surface area (Å²) in [5.41, 5.74) is 2.61. The van der Waals surface area contributed by atoms with Gasteiger partial charge in [0, 0.05) is 18.9 Å². The van der Waals surface area contributed by atoms with E-state index >= 15 is 0 Å². The van der Waals surface area contributed by atoms with Crippen LogP contribution < -0.4 is 0 Å². The van der Waals surface area contributed by atoms with Crippen LogP contribution in [0.15, 0.2) is 54.2 Å². The first-order valence-electron chi connectivity index (χ1n) is 5.93. The number of aromatic nitrogens is 2. The van der Waals surface area contributed by atoms with Gasteiger partial charge in [-0.15, -0.1) is 11.3 Å². The van der Waals surface area contributed by atoms with Crippen molar-refractivity contribution in [2.24, 2.45) is 0 Å². The van der Waals surface area contributed by atoms with Gasteiger partial charge in [0.15, 0.2) is 0 Å². The molecule has 0 atom stereocenters. The minimum atomic E-state index is 0.870. The van der Waals surface area contributed by atoms with Gasteiger partial charge in [-0.1, -0.05) is 35.9 Å². The van der Waals surface area contributed by atoms with Crippen LogP contribution in [-0.2, 0) is 6.54 Å². The van der Waals surface area contributed by atoms with E-state index in [-0.39, 0.29) is 0 Å². The molecule has 2 aromatic heterocycles. The lowest BCUT2D eigenvalue weighted by molar-refractivity contribution is 0.808. The topological polar surface area (TPSA) is 17.8 Å². The third-order valence-electron chi connectivity index (χ3n) is 2.89. The van der Waals surface area contributed by atoms with Gasteiger partial charge in [0.25, 0.3) is 0 Å². The zero-order valence-corrected chi connectivity index (χ0v) is 11.0. The highest BCUT2D eigenvalue weighted by atomic mass is 32.1. The highest BCUT2D eigenvalue weighted by Crippen LogP contribution is 2.23. The molecule has 90 valence electrons. The van der Waals surface area contributed by atoms with Crippen molar-refractivity contribution in [1.82, 2.24) is 9.55 Å². The standard InChI is InChI=1S/C15H14N2S/c1-12-4-2-5-13(10-12)11-17-8-7-16-15(17)14-6-3-9-18-14/h2-10H,11H2,1H3. The quantitative estimate of drug-likeness (QED) is 0.691. The summed E-state index contributed by atoms with van der Waals surface area (Å²) in [5.74, 6) is 1.05. The van der Waals surface area contributed by atoms with Gasteiger partial charge in [0.2, 0.25) is 0 Å². The molecular formula is C15H14N2S. The lowest BCUT2D eigenvalue weighted by atomic mass is 10.1. The van der Waals surface area contributed by atoms with Gasteiger partial charge in [-0.25, -0.2) is 4.98 Å². The molecule has 2 heterocycles. The average Bonchev–Trinajstić information content (AvgIpc) is 2.98. The molecule has 0 unspecified atom stereocenters. The molecule has 0 N–H and O–H groups in total. The molecule has 3 aromatic rings. The lowest BCUT2D eigenvalue weighted by Crippen LogP contribution is -2.00. The summed E-state index contributed by atoms with van der Waals surface area (Å²) in [6.45, 7) is 2.99. The van der Waals surface area contributed by atoms with Crippen molar-refractivity contribution in [1.29, 1.82) is 0 Å². The van der Waals surface area contributed by atoms with Crippen LogP contribution in [0.25, 0.3) is 10.7 Å². The fourth-order valence-electron chi connectivity index (χ4n) is 2.07. The summed E-state index contributed by atoms with van der Waals surface area (Å²) < 4.78 is 2.20. The third kappa shape index (κ3) is 2.22. The van der Waals surface area contributed by atoms with Crippen LogP contribution in [0.4, 0.5) is 0 Å². The number of aryl methyl sites for hydroxylation is 1. The molecule has 0 fully saturated rings. The van der Waals surface area contributed by atoms with Crippen LogP contribution >= 0.6 is 11.3 Å². The fraction of sp³-hybridized carbons (Fsp3) is 0.133. The van der Waals surface area contributed by atoms with Crippen molar-refractivity contribution >= 4 is 11.3 Å². The van der Waals surface area contributed by atoms with E-state index in [0.29, 0.717) is 0 Å². The van der Waals surface area contributed by atoms with E-state index in [2.05, 4.69) is 58.3 Å². The highest BCUT2D eigenvalue weighted by molar-refractivity contribution is 7.13. The predicted octanol–water partition coefficient (Wildman–Crippen LogP) is 3.97. The maximum atomic E-state index is 4.45. The Labute approximate surface area is 111 Å². The molecule has 0 spiro atoms. The second-order valence-electron chi connectivity index (χ2n) is 4.35. The zero-order valence-electron chi connectivity index (χ0n) is 10.2. The first-order chi connectivity index (χ1) is 8.83. The Morgan fingerprint density at radius 1 is 1.22 bits per heavy atom. The van der Waals surface area contributed by atoms with E-state index in [4.69, 9.17) is 0 Å². The largest absolute Gasteiger partial charge is 0.326 e. The maximum Gasteiger partial charge on any atom is 0.150 e. The van der Waals surface area contributed by atoms with Crippen molar-refractivity contribution in [3.8, 4) is 10.7 Å². The Morgan fingerprint density at radius 2 is 2.17 bits per heavy atom. The van der Waals surface area contributed by atoms with E-state index in [9.17, 15) is 0 Å². The molecule has 0 aliphatic rings. The molecule has 0 aliphatic carbocycles. The van der Waals surface area contributed by atoms with Crippen molar-refractivity contribution in [2.45, 2.75) is 13.5 Å². The summed E-state index contributed by atoms with van der Waals surface area (Å²) in [6.07, 6.45) is 3.90. The molecule has 3 rings (SSSR count). The van der Waals surface area contributed by atoms with Gasteiger partial charge in [0.1, 0.15) is 5.82 Å². The molecule has 0 amide bonds. The number of benzene rings is 1. The van der Waals surface area contributed by atoms with Gasteiger partial charge in [-0.3, -0.25) is 0 Å². The van der Waals surface area contributed by atoms with Gasteiger partial charge in [0.05, 0.1) is 4.88 Å². The Balaban J connectivity index is 1.92. The molecule has 3 heteroatoms. The van der Waals surface area contributed by atoms with Crippen molar-refractivity contribution in [2.75, 3.05) is 0 Å². The molecule has 0 saturated carbocycles. The Morgan fingerprint density at radius 3 is 2.94 bits per heavy atom. The molecule has 0 saturated heterocycles. The Bertz CT molecular complexity index is 638. The van der Waals surface area contributed by atoms with Crippen LogP contribution in [0, 0.1) is 6.92 Å². The van der Waals surface area contributed by atoms with Crippen molar-refractivity contribution in [3.63, 3.8) is 0 Å². The number of rotatable bonds is 3. The van der Waals surface area contributed by atoms with Crippen LogP contribution in [0.5, 0.6) is 0 Å². The summed E-state index contributed by atoms with van der Waals surface area (Å²) >= 11 is 1.73. The third-order valence-corrected chi connectivity index (χ3v) is 3.76. The molecule has 1 aromatic carbocycles. The van der Waals surface area contributed by atoms with Crippen LogP contribution in [0.3, 0.4) is 0 Å². The van der Waals surface area contributed by atoms with Crippen molar-refractivity contribution in [3.05, 3.63) is 65.3 Å². The van der Waals surface area contributed by atoms with Gasteiger partial charge >= 0.3 is 0 Å². The lowest BCUT2D eigenvalue weighted by Gasteiger charge is -2.07. The molecule has 0 aliphatic heterocycles. The second-order valence-corrected chi connectivity index (χ2v) is 5.29. The van der Waals surface area contributed by atoms with Crippen molar-refractivity contribution < 1.29 is 0 Å². The van der Waals surface area contributed by atoms with E-state index in [1.807, 2.05) is 12.4 Å². The van der Waals surface area contributed by atoms with E-state index < -0.39 is 0 Å². The SMILES string of the molecule is Cc1cccc(Cn2ccnc2-c2cccs2)c1. The number of nitrogens with zero attached hydrogens (tertiary/aromatic N) is 2. The number of hydrogen-bond acceptors (Lipinski definition) is 2. The fourth-order valence-corrected chi connectivity index (χ4v) is 2.81. The minimum absolute atomic E-state index is 0.870. The summed E-state index contributed by atoms with van der Waals surface area (Å²) in [6, 6.07) is 12.8. The second kappa shape index (κ2) is 4.78. The molecule has 2 nitrogen and oxygen atoms in total. The number of imidazole rings is 1. The molecule has 18 heavy (non-hydrogen) atoms. The molecule has 0 radical (unpaired) electrons. The molecular weight excluding hydrogens is 240 g/mol. The summed E-state index contributed by atoms with van der Waals surface area (Å²) in [4.78, 5) is 5.67. The Hall–Kier alpha value is -1.87. The average molecular weight is 254 g/mol. The highest BCUT2D eigenvalue weighted by Gasteiger charge is 2.06. The normalized spacial score (nSPS) is 10.7. The zero-order chi connectivity index (χ0) is 12.4. The first kappa shape index (κ1) is 11.2. The number of thiophene rings is 1. The van der Waals surface area contributed by atoms with E-state index in [1.165, 1.54) is 16.0 Å². The van der Waals surface area contributed by atoms with E-state index in [0.717, 1.165) is 12.4 Å². The molecule has 0 bridgehead atoms. The first-order valence-corrected chi connectivity index (χ1v) is 6.81. The Kier molecular flexibility index (Phi) is 2.99. The van der Waals surface area contributed by atoms with Gasteiger partial charge < -0.3 is 4.57 Å². The van der Waals surface area contributed by atoms with Crippen LogP contribution in [0.1, 0.15) is 11.1 Å².